The lowest BCUT2D eigenvalue weighted by Gasteiger charge is -2.16. The highest BCUT2D eigenvalue weighted by atomic mass is 32.1. The summed E-state index contributed by atoms with van der Waals surface area (Å²) in [6.45, 7) is 1.03. The normalized spacial score (nSPS) is 13.8. The number of thiophene rings is 1. The Hall–Kier alpha value is -2.67. The van der Waals surface area contributed by atoms with Crippen molar-refractivity contribution in [3.63, 3.8) is 0 Å². The Labute approximate surface area is 149 Å². The number of hydrogen-bond acceptors (Lipinski definition) is 4. The molecule has 0 spiro atoms. The number of carbonyl (C=O) groups is 3. The van der Waals surface area contributed by atoms with Gasteiger partial charge < -0.3 is 15.5 Å². The third kappa shape index (κ3) is 4.45. The van der Waals surface area contributed by atoms with Gasteiger partial charge in [0.1, 0.15) is 0 Å². The highest BCUT2D eigenvalue weighted by molar-refractivity contribution is 7.12. The zero-order valence-corrected chi connectivity index (χ0v) is 14.5. The van der Waals surface area contributed by atoms with E-state index in [4.69, 9.17) is 0 Å². The number of benzene rings is 1. The first-order valence-corrected chi connectivity index (χ1v) is 9.03. The second kappa shape index (κ2) is 7.94. The molecular formula is C18H19N3O3S. The maximum atomic E-state index is 11.9. The summed E-state index contributed by atoms with van der Waals surface area (Å²) in [5.74, 6) is -0.197. The topological polar surface area (TPSA) is 78.5 Å². The first kappa shape index (κ1) is 17.2. The van der Waals surface area contributed by atoms with E-state index >= 15 is 0 Å². The minimum atomic E-state index is -0.170. The fraction of sp³-hybridized carbons (Fsp3) is 0.278. The van der Waals surface area contributed by atoms with Gasteiger partial charge in [0.05, 0.1) is 4.88 Å². The first-order valence-electron chi connectivity index (χ1n) is 8.15. The second-order valence-corrected chi connectivity index (χ2v) is 6.67. The number of anilines is 2. The Morgan fingerprint density at radius 3 is 2.60 bits per heavy atom. The molecule has 0 atom stereocenters. The van der Waals surface area contributed by atoms with E-state index < -0.39 is 0 Å². The molecule has 2 heterocycles. The number of nitrogens with one attached hydrogen (secondary N) is 2. The predicted octanol–water partition coefficient (Wildman–Crippen LogP) is 2.63. The summed E-state index contributed by atoms with van der Waals surface area (Å²) in [6.07, 6.45) is 1.67. The first-order chi connectivity index (χ1) is 12.1. The standard InChI is InChI=1S/C18H19N3O3S/c22-16(9-10-19-18(24)15-3-2-12-25-15)20-13-5-7-14(8-6-13)21-11-1-4-17(21)23/h2-3,5-8,12H,1,4,9-11H2,(H,19,24)(H,20,22). The smallest absolute Gasteiger partial charge is 0.261 e. The number of nitrogens with zero attached hydrogens (tertiary/aromatic N) is 1. The van der Waals surface area contributed by atoms with E-state index in [2.05, 4.69) is 10.6 Å². The molecule has 0 saturated carbocycles. The van der Waals surface area contributed by atoms with Gasteiger partial charge in [-0.3, -0.25) is 14.4 Å². The van der Waals surface area contributed by atoms with E-state index in [9.17, 15) is 14.4 Å². The van der Waals surface area contributed by atoms with E-state index in [1.54, 1.807) is 23.1 Å². The van der Waals surface area contributed by atoms with Crippen LogP contribution in [0.25, 0.3) is 0 Å². The Morgan fingerprint density at radius 2 is 1.96 bits per heavy atom. The third-order valence-electron chi connectivity index (χ3n) is 3.92. The van der Waals surface area contributed by atoms with Crippen LogP contribution in [0.2, 0.25) is 0 Å². The van der Waals surface area contributed by atoms with Gasteiger partial charge in [0, 0.05) is 37.3 Å². The molecule has 6 nitrogen and oxygen atoms in total. The van der Waals surface area contributed by atoms with Crippen molar-refractivity contribution in [3.8, 4) is 0 Å². The van der Waals surface area contributed by atoms with Crippen molar-refractivity contribution in [3.05, 3.63) is 46.7 Å². The van der Waals surface area contributed by atoms with Gasteiger partial charge in [-0.15, -0.1) is 11.3 Å². The van der Waals surface area contributed by atoms with E-state index in [1.165, 1.54) is 11.3 Å². The largest absolute Gasteiger partial charge is 0.351 e. The summed E-state index contributed by atoms with van der Waals surface area (Å²) in [4.78, 5) is 37.8. The van der Waals surface area contributed by atoms with Gasteiger partial charge in [-0.1, -0.05) is 6.07 Å². The molecule has 1 aliphatic heterocycles. The van der Waals surface area contributed by atoms with Gasteiger partial charge in [0.25, 0.3) is 5.91 Å². The van der Waals surface area contributed by atoms with Crippen LogP contribution in [-0.2, 0) is 9.59 Å². The molecule has 0 bridgehead atoms. The van der Waals surface area contributed by atoms with Crippen LogP contribution >= 0.6 is 11.3 Å². The van der Waals surface area contributed by atoms with Gasteiger partial charge in [0.2, 0.25) is 11.8 Å². The van der Waals surface area contributed by atoms with Crippen LogP contribution in [0.4, 0.5) is 11.4 Å². The maximum absolute atomic E-state index is 11.9. The minimum Gasteiger partial charge on any atom is -0.351 e. The zero-order chi connectivity index (χ0) is 17.6. The number of hydrogen-bond donors (Lipinski definition) is 2. The average Bonchev–Trinajstić information content (AvgIpc) is 3.27. The molecule has 1 saturated heterocycles. The van der Waals surface area contributed by atoms with Crippen molar-refractivity contribution < 1.29 is 14.4 Å². The van der Waals surface area contributed by atoms with Crippen molar-refractivity contribution in [2.75, 3.05) is 23.3 Å². The Kier molecular flexibility index (Phi) is 5.45. The fourth-order valence-electron chi connectivity index (χ4n) is 2.65. The minimum absolute atomic E-state index is 0.137. The second-order valence-electron chi connectivity index (χ2n) is 5.73. The highest BCUT2D eigenvalue weighted by Gasteiger charge is 2.21. The van der Waals surface area contributed by atoms with Crippen molar-refractivity contribution in [2.24, 2.45) is 0 Å². The summed E-state index contributed by atoms with van der Waals surface area (Å²) < 4.78 is 0. The van der Waals surface area contributed by atoms with E-state index in [0.29, 0.717) is 17.0 Å². The lowest BCUT2D eigenvalue weighted by Crippen LogP contribution is -2.27. The fourth-order valence-corrected chi connectivity index (χ4v) is 3.29. The molecule has 0 radical (unpaired) electrons. The van der Waals surface area contributed by atoms with Crippen LogP contribution in [0.5, 0.6) is 0 Å². The van der Waals surface area contributed by atoms with Crippen molar-refractivity contribution in [1.82, 2.24) is 5.32 Å². The summed E-state index contributed by atoms with van der Waals surface area (Å²) in [5.41, 5.74) is 1.52. The van der Waals surface area contributed by atoms with Gasteiger partial charge in [-0.2, -0.15) is 0 Å². The van der Waals surface area contributed by atoms with E-state index in [0.717, 1.165) is 18.7 Å². The zero-order valence-electron chi connectivity index (χ0n) is 13.7. The van der Waals surface area contributed by atoms with Crippen LogP contribution in [0, 0.1) is 0 Å². The number of carbonyl (C=O) groups excluding carboxylic acids is 3. The van der Waals surface area contributed by atoms with E-state index in [1.807, 2.05) is 23.6 Å². The maximum Gasteiger partial charge on any atom is 0.261 e. The molecule has 0 aliphatic carbocycles. The SMILES string of the molecule is O=C(CCNC(=O)c1cccs1)Nc1ccc(N2CCCC2=O)cc1. The average molecular weight is 357 g/mol. The summed E-state index contributed by atoms with van der Waals surface area (Å²) in [5, 5.41) is 7.34. The Balaban J connectivity index is 1.45. The summed E-state index contributed by atoms with van der Waals surface area (Å²) in [7, 11) is 0. The number of amides is 3. The third-order valence-corrected chi connectivity index (χ3v) is 4.79. The molecule has 1 fully saturated rings. The Bertz CT molecular complexity index is 756. The Morgan fingerprint density at radius 1 is 1.16 bits per heavy atom. The van der Waals surface area contributed by atoms with E-state index in [-0.39, 0.29) is 30.7 Å². The van der Waals surface area contributed by atoms with Gasteiger partial charge >= 0.3 is 0 Å². The molecule has 3 amide bonds. The van der Waals surface area contributed by atoms with Crippen LogP contribution in [0.1, 0.15) is 28.9 Å². The van der Waals surface area contributed by atoms with Crippen LogP contribution in [0.15, 0.2) is 41.8 Å². The highest BCUT2D eigenvalue weighted by Crippen LogP contribution is 2.23. The lowest BCUT2D eigenvalue weighted by molar-refractivity contribution is -0.117. The molecular weight excluding hydrogens is 338 g/mol. The molecule has 2 N–H and O–H groups in total. The molecule has 0 unspecified atom stereocenters. The molecule has 1 aromatic heterocycles. The van der Waals surface area contributed by atoms with Crippen LogP contribution in [0.3, 0.4) is 0 Å². The molecule has 3 rings (SSSR count). The van der Waals surface area contributed by atoms with Crippen molar-refractivity contribution in [2.45, 2.75) is 19.3 Å². The quantitative estimate of drug-likeness (QED) is 0.834. The number of rotatable bonds is 6. The van der Waals surface area contributed by atoms with Gasteiger partial charge in [0.15, 0.2) is 0 Å². The molecule has 2 aromatic rings. The molecule has 130 valence electrons. The molecule has 25 heavy (non-hydrogen) atoms. The lowest BCUT2D eigenvalue weighted by atomic mass is 10.2. The van der Waals surface area contributed by atoms with Crippen LogP contribution < -0.4 is 15.5 Å². The summed E-state index contributed by atoms with van der Waals surface area (Å²) in [6, 6.07) is 10.8. The van der Waals surface area contributed by atoms with Crippen LogP contribution in [-0.4, -0.2) is 30.8 Å². The molecule has 7 heteroatoms. The van der Waals surface area contributed by atoms with Crippen molar-refractivity contribution >= 4 is 40.4 Å². The summed E-state index contributed by atoms with van der Waals surface area (Å²) >= 11 is 1.36. The van der Waals surface area contributed by atoms with Gasteiger partial charge in [-0.05, 0) is 42.1 Å². The predicted molar refractivity (Wildman–Crippen MR) is 97.9 cm³/mol. The van der Waals surface area contributed by atoms with Crippen molar-refractivity contribution in [1.29, 1.82) is 0 Å². The monoisotopic (exact) mass is 357 g/mol. The molecule has 1 aliphatic rings. The molecule has 1 aromatic carbocycles. The van der Waals surface area contributed by atoms with Gasteiger partial charge in [-0.25, -0.2) is 0 Å².